The molecule has 0 aliphatic carbocycles. The zero-order valence-corrected chi connectivity index (χ0v) is 16.8. The molecule has 140 valence electrons. The van der Waals surface area contributed by atoms with Crippen LogP contribution in [0.1, 0.15) is 31.9 Å². The standard InChI is InChI=1S/C16H27N3O2S.2ClH/c1-3-19(4-2)15(13-5-8-22-12-13)10-18-16(20)9-14-11-21-7-6-17-14;;/h5,8,12,14-15,17H,3-4,6-7,9-11H2,1-2H3,(H,18,20);2*1H. The largest absolute Gasteiger partial charge is 0.378 e. The first-order valence-electron chi connectivity index (χ1n) is 8.08. The van der Waals surface area contributed by atoms with Crippen LogP contribution in [0.15, 0.2) is 16.8 Å². The molecule has 2 heterocycles. The van der Waals surface area contributed by atoms with E-state index in [0.29, 0.717) is 19.6 Å². The third-order valence-electron chi connectivity index (χ3n) is 4.10. The summed E-state index contributed by atoms with van der Waals surface area (Å²) in [4.78, 5) is 14.5. The van der Waals surface area contributed by atoms with Gasteiger partial charge in [-0.1, -0.05) is 13.8 Å². The van der Waals surface area contributed by atoms with Gasteiger partial charge < -0.3 is 15.4 Å². The molecule has 2 unspecified atom stereocenters. The van der Waals surface area contributed by atoms with Crippen molar-refractivity contribution in [3.8, 4) is 0 Å². The van der Waals surface area contributed by atoms with E-state index in [-0.39, 0.29) is 42.8 Å². The van der Waals surface area contributed by atoms with Crippen molar-refractivity contribution in [3.05, 3.63) is 22.4 Å². The molecule has 24 heavy (non-hydrogen) atoms. The van der Waals surface area contributed by atoms with Crippen LogP contribution < -0.4 is 10.6 Å². The molecule has 2 atom stereocenters. The van der Waals surface area contributed by atoms with E-state index >= 15 is 0 Å². The van der Waals surface area contributed by atoms with Gasteiger partial charge in [0, 0.05) is 25.6 Å². The molecule has 0 saturated carbocycles. The van der Waals surface area contributed by atoms with Gasteiger partial charge in [0.2, 0.25) is 5.91 Å². The van der Waals surface area contributed by atoms with Gasteiger partial charge in [-0.3, -0.25) is 9.69 Å². The number of nitrogens with one attached hydrogen (secondary N) is 2. The first-order chi connectivity index (χ1) is 10.7. The van der Waals surface area contributed by atoms with Gasteiger partial charge in [-0.15, -0.1) is 24.8 Å². The molecule has 1 amide bonds. The summed E-state index contributed by atoms with van der Waals surface area (Å²) in [6.07, 6.45) is 0.481. The van der Waals surface area contributed by atoms with Crippen molar-refractivity contribution in [2.45, 2.75) is 32.4 Å². The van der Waals surface area contributed by atoms with Gasteiger partial charge in [0.25, 0.3) is 0 Å². The van der Waals surface area contributed by atoms with Gasteiger partial charge in [0.1, 0.15) is 0 Å². The highest BCUT2D eigenvalue weighted by molar-refractivity contribution is 7.07. The van der Waals surface area contributed by atoms with Crippen LogP contribution >= 0.6 is 36.2 Å². The number of halogens is 2. The second-order valence-electron chi connectivity index (χ2n) is 5.53. The third-order valence-corrected chi connectivity index (χ3v) is 4.81. The summed E-state index contributed by atoms with van der Waals surface area (Å²) in [5.74, 6) is 0.0929. The van der Waals surface area contributed by atoms with E-state index in [9.17, 15) is 4.79 Å². The highest BCUT2D eigenvalue weighted by atomic mass is 35.5. The number of thiophene rings is 1. The van der Waals surface area contributed by atoms with Crippen LogP contribution in [-0.2, 0) is 9.53 Å². The SMILES string of the molecule is CCN(CC)C(CNC(=O)CC1COCCN1)c1ccsc1.Cl.Cl. The fourth-order valence-electron chi connectivity index (χ4n) is 2.84. The Balaban J connectivity index is 0.00000264. The van der Waals surface area contributed by atoms with Crippen molar-refractivity contribution in [1.82, 2.24) is 15.5 Å². The lowest BCUT2D eigenvalue weighted by atomic mass is 10.1. The maximum atomic E-state index is 12.2. The maximum absolute atomic E-state index is 12.2. The molecule has 1 aliphatic rings. The molecule has 1 fully saturated rings. The quantitative estimate of drug-likeness (QED) is 0.707. The number of carbonyl (C=O) groups is 1. The van der Waals surface area contributed by atoms with Crippen LogP contribution in [0.25, 0.3) is 0 Å². The van der Waals surface area contributed by atoms with Gasteiger partial charge in [0.05, 0.1) is 19.3 Å². The third kappa shape index (κ3) is 7.25. The predicted octanol–water partition coefficient (Wildman–Crippen LogP) is 2.47. The molecular weight excluding hydrogens is 369 g/mol. The van der Waals surface area contributed by atoms with E-state index in [1.165, 1.54) is 5.56 Å². The van der Waals surface area contributed by atoms with Crippen LogP contribution in [0.4, 0.5) is 0 Å². The van der Waals surface area contributed by atoms with E-state index in [0.717, 1.165) is 26.2 Å². The molecule has 0 bridgehead atoms. The Morgan fingerprint density at radius 2 is 2.21 bits per heavy atom. The lowest BCUT2D eigenvalue weighted by molar-refractivity contribution is -0.122. The Labute approximate surface area is 161 Å². The molecule has 0 spiro atoms. The Morgan fingerprint density at radius 1 is 1.46 bits per heavy atom. The average molecular weight is 398 g/mol. The maximum Gasteiger partial charge on any atom is 0.221 e. The number of morpholine rings is 1. The Morgan fingerprint density at radius 3 is 2.75 bits per heavy atom. The second kappa shape index (κ2) is 12.9. The zero-order valence-electron chi connectivity index (χ0n) is 14.3. The molecule has 2 rings (SSSR count). The van der Waals surface area contributed by atoms with Crippen LogP contribution in [0, 0.1) is 0 Å². The van der Waals surface area contributed by atoms with Gasteiger partial charge in [0.15, 0.2) is 0 Å². The van der Waals surface area contributed by atoms with Crippen LogP contribution in [0.3, 0.4) is 0 Å². The molecule has 1 aromatic heterocycles. The fraction of sp³-hybridized carbons (Fsp3) is 0.688. The highest BCUT2D eigenvalue weighted by Crippen LogP contribution is 2.22. The second-order valence-corrected chi connectivity index (χ2v) is 6.31. The van der Waals surface area contributed by atoms with Gasteiger partial charge in [-0.05, 0) is 35.5 Å². The molecule has 1 saturated heterocycles. The first kappa shape index (κ1) is 23.6. The number of rotatable bonds is 8. The lowest BCUT2D eigenvalue weighted by Gasteiger charge is -2.30. The molecule has 1 aromatic rings. The summed E-state index contributed by atoms with van der Waals surface area (Å²) in [6.45, 7) is 9.12. The number of hydrogen-bond acceptors (Lipinski definition) is 5. The Bertz CT molecular complexity index is 439. The number of ether oxygens (including phenoxy) is 1. The summed E-state index contributed by atoms with van der Waals surface area (Å²) in [6, 6.07) is 2.54. The van der Waals surface area contributed by atoms with Crippen LogP contribution in [-0.4, -0.2) is 56.2 Å². The topological polar surface area (TPSA) is 53.6 Å². The number of likely N-dealkylation sites (N-methyl/N-ethyl adjacent to an activating group) is 1. The minimum absolute atomic E-state index is 0. The summed E-state index contributed by atoms with van der Waals surface area (Å²) < 4.78 is 5.39. The Kier molecular flexibility index (Phi) is 12.7. The van der Waals surface area contributed by atoms with E-state index in [2.05, 4.69) is 46.2 Å². The minimum atomic E-state index is 0. The molecule has 0 aromatic carbocycles. The van der Waals surface area contributed by atoms with E-state index < -0.39 is 0 Å². The zero-order chi connectivity index (χ0) is 15.8. The summed E-state index contributed by atoms with van der Waals surface area (Å²) in [5, 5.41) is 10.7. The molecular formula is C16H29Cl2N3O2S. The summed E-state index contributed by atoms with van der Waals surface area (Å²) in [7, 11) is 0. The first-order valence-corrected chi connectivity index (χ1v) is 9.02. The minimum Gasteiger partial charge on any atom is -0.378 e. The monoisotopic (exact) mass is 397 g/mol. The predicted molar refractivity (Wildman–Crippen MR) is 105 cm³/mol. The smallest absolute Gasteiger partial charge is 0.221 e. The molecule has 5 nitrogen and oxygen atoms in total. The molecule has 0 radical (unpaired) electrons. The van der Waals surface area contributed by atoms with Crippen molar-refractivity contribution in [2.24, 2.45) is 0 Å². The fourth-order valence-corrected chi connectivity index (χ4v) is 3.55. The van der Waals surface area contributed by atoms with Crippen LogP contribution in [0.2, 0.25) is 0 Å². The number of amides is 1. The summed E-state index contributed by atoms with van der Waals surface area (Å²) in [5.41, 5.74) is 1.29. The van der Waals surface area contributed by atoms with Crippen molar-refractivity contribution in [2.75, 3.05) is 39.4 Å². The number of hydrogen-bond donors (Lipinski definition) is 2. The number of carbonyl (C=O) groups excluding carboxylic acids is 1. The van der Waals surface area contributed by atoms with Gasteiger partial charge >= 0.3 is 0 Å². The van der Waals surface area contributed by atoms with Crippen molar-refractivity contribution < 1.29 is 9.53 Å². The normalized spacial score (nSPS) is 18.4. The van der Waals surface area contributed by atoms with Crippen LogP contribution in [0.5, 0.6) is 0 Å². The van der Waals surface area contributed by atoms with E-state index in [4.69, 9.17) is 4.74 Å². The Hall–Kier alpha value is -0.370. The van der Waals surface area contributed by atoms with Gasteiger partial charge in [-0.25, -0.2) is 0 Å². The number of nitrogens with zero attached hydrogens (tertiary/aromatic N) is 1. The lowest BCUT2D eigenvalue weighted by Crippen LogP contribution is -2.45. The van der Waals surface area contributed by atoms with Crippen molar-refractivity contribution >= 4 is 42.1 Å². The van der Waals surface area contributed by atoms with Gasteiger partial charge in [-0.2, -0.15) is 11.3 Å². The average Bonchev–Trinajstić information content (AvgIpc) is 3.06. The van der Waals surface area contributed by atoms with E-state index in [1.807, 2.05) is 0 Å². The van der Waals surface area contributed by atoms with E-state index in [1.54, 1.807) is 11.3 Å². The van der Waals surface area contributed by atoms with Crippen molar-refractivity contribution in [1.29, 1.82) is 0 Å². The molecule has 2 N–H and O–H groups in total. The molecule has 1 aliphatic heterocycles. The highest BCUT2D eigenvalue weighted by Gasteiger charge is 2.21. The molecule has 8 heteroatoms. The summed E-state index contributed by atoms with van der Waals surface area (Å²) >= 11 is 1.70. The van der Waals surface area contributed by atoms with Crippen molar-refractivity contribution in [3.63, 3.8) is 0 Å².